The minimum Gasteiger partial charge on any atom is -0.478 e. The van der Waals surface area contributed by atoms with Gasteiger partial charge in [0.15, 0.2) is 0 Å². The molecule has 3 N–H and O–H groups in total. The zero-order chi connectivity index (χ0) is 14.2. The van der Waals surface area contributed by atoms with Gasteiger partial charge < -0.3 is 15.7 Å². The van der Waals surface area contributed by atoms with Gasteiger partial charge in [-0.15, -0.1) is 0 Å². The average Bonchev–Trinajstić information content (AvgIpc) is 2.77. The van der Waals surface area contributed by atoms with Gasteiger partial charge in [0, 0.05) is 18.3 Å². The van der Waals surface area contributed by atoms with Crippen LogP contribution in [0.25, 0.3) is 0 Å². The molecule has 0 aromatic heterocycles. The number of nitrogen functional groups attached to an aromatic ring is 1. The highest BCUT2D eigenvalue weighted by molar-refractivity contribution is 5.95. The van der Waals surface area contributed by atoms with Crippen LogP contribution in [0.15, 0.2) is 12.1 Å². The van der Waals surface area contributed by atoms with Gasteiger partial charge in [-0.1, -0.05) is 13.8 Å². The van der Waals surface area contributed by atoms with E-state index in [2.05, 4.69) is 13.8 Å². The monoisotopic (exact) mass is 266 g/mol. The van der Waals surface area contributed by atoms with Crippen molar-refractivity contribution in [3.8, 4) is 0 Å². The third-order valence-corrected chi connectivity index (χ3v) is 3.73. The lowest BCUT2D eigenvalue weighted by Crippen LogP contribution is -2.34. The summed E-state index contributed by atoms with van der Waals surface area (Å²) in [5, 5.41) is 9.08. The Kier molecular flexibility index (Phi) is 3.64. The van der Waals surface area contributed by atoms with Crippen LogP contribution in [0, 0.1) is 11.7 Å². The fourth-order valence-electron chi connectivity index (χ4n) is 2.77. The molecule has 0 bridgehead atoms. The lowest BCUT2D eigenvalue weighted by atomic mass is 10.0. The van der Waals surface area contributed by atoms with Crippen molar-refractivity contribution in [1.29, 1.82) is 0 Å². The second-order valence-corrected chi connectivity index (χ2v) is 5.34. The standard InChI is InChI=1S/C14H19FN2O2/c1-8(2)12-4-3-5-17(12)13-6-9(14(18)19)11(16)7-10(13)15/h6-8,12H,3-5,16H2,1-2H3,(H,18,19). The summed E-state index contributed by atoms with van der Waals surface area (Å²) >= 11 is 0. The van der Waals surface area contributed by atoms with Crippen LogP contribution in [-0.4, -0.2) is 23.7 Å². The Hall–Kier alpha value is -1.78. The number of carboxylic acid groups (broad SMARTS) is 1. The van der Waals surface area contributed by atoms with E-state index < -0.39 is 11.8 Å². The molecule has 104 valence electrons. The van der Waals surface area contributed by atoms with E-state index in [9.17, 15) is 9.18 Å². The van der Waals surface area contributed by atoms with Gasteiger partial charge in [0.05, 0.1) is 11.3 Å². The van der Waals surface area contributed by atoms with Crippen molar-refractivity contribution in [3.63, 3.8) is 0 Å². The maximum atomic E-state index is 14.1. The van der Waals surface area contributed by atoms with Gasteiger partial charge in [0.25, 0.3) is 0 Å². The maximum absolute atomic E-state index is 14.1. The predicted octanol–water partition coefficient (Wildman–Crippen LogP) is 2.73. The van der Waals surface area contributed by atoms with Gasteiger partial charge in [0.2, 0.25) is 0 Å². The molecule has 0 saturated carbocycles. The first-order chi connectivity index (χ1) is 8.91. The van der Waals surface area contributed by atoms with Gasteiger partial charge >= 0.3 is 5.97 Å². The van der Waals surface area contributed by atoms with E-state index in [0.717, 1.165) is 25.5 Å². The first kappa shape index (κ1) is 13.6. The fourth-order valence-corrected chi connectivity index (χ4v) is 2.77. The predicted molar refractivity (Wildman–Crippen MR) is 73.0 cm³/mol. The number of carboxylic acids is 1. The molecule has 19 heavy (non-hydrogen) atoms. The van der Waals surface area contributed by atoms with Crippen LogP contribution in [0.3, 0.4) is 0 Å². The lowest BCUT2D eigenvalue weighted by molar-refractivity contribution is 0.0698. The number of hydrogen-bond donors (Lipinski definition) is 2. The Balaban J connectivity index is 2.44. The third kappa shape index (κ3) is 2.50. The van der Waals surface area contributed by atoms with E-state index in [4.69, 9.17) is 10.8 Å². The maximum Gasteiger partial charge on any atom is 0.337 e. The van der Waals surface area contributed by atoms with Crippen LogP contribution in [0.1, 0.15) is 37.0 Å². The molecule has 5 heteroatoms. The number of nitrogens with zero attached hydrogens (tertiary/aromatic N) is 1. The van der Waals surface area contributed by atoms with E-state index in [1.54, 1.807) is 0 Å². The summed E-state index contributed by atoms with van der Waals surface area (Å²) < 4.78 is 14.1. The Morgan fingerprint density at radius 3 is 2.79 bits per heavy atom. The summed E-state index contributed by atoms with van der Waals surface area (Å²) in [6.45, 7) is 4.94. The van der Waals surface area contributed by atoms with Crippen molar-refractivity contribution in [2.75, 3.05) is 17.2 Å². The van der Waals surface area contributed by atoms with E-state index >= 15 is 0 Å². The molecule has 1 heterocycles. The van der Waals surface area contributed by atoms with Crippen molar-refractivity contribution < 1.29 is 14.3 Å². The highest BCUT2D eigenvalue weighted by atomic mass is 19.1. The molecule has 0 aliphatic carbocycles. The molecule has 2 rings (SSSR count). The van der Waals surface area contributed by atoms with E-state index in [1.807, 2.05) is 4.90 Å². The molecular weight excluding hydrogens is 247 g/mol. The van der Waals surface area contributed by atoms with Crippen molar-refractivity contribution in [3.05, 3.63) is 23.5 Å². The Morgan fingerprint density at radius 2 is 2.21 bits per heavy atom. The summed E-state index contributed by atoms with van der Waals surface area (Å²) in [7, 11) is 0. The zero-order valence-electron chi connectivity index (χ0n) is 11.2. The van der Waals surface area contributed by atoms with Crippen molar-refractivity contribution >= 4 is 17.3 Å². The molecule has 4 nitrogen and oxygen atoms in total. The highest BCUT2D eigenvalue weighted by Gasteiger charge is 2.29. The Morgan fingerprint density at radius 1 is 1.53 bits per heavy atom. The van der Waals surface area contributed by atoms with Crippen molar-refractivity contribution in [2.24, 2.45) is 5.92 Å². The van der Waals surface area contributed by atoms with Gasteiger partial charge in [-0.3, -0.25) is 0 Å². The SMILES string of the molecule is CC(C)C1CCCN1c1cc(C(=O)O)c(N)cc1F. The van der Waals surface area contributed by atoms with Gasteiger partial charge in [-0.2, -0.15) is 0 Å². The number of halogens is 1. The van der Waals surface area contributed by atoms with Gasteiger partial charge in [-0.25, -0.2) is 9.18 Å². The number of benzene rings is 1. The molecule has 1 fully saturated rings. The van der Waals surface area contributed by atoms with Crippen molar-refractivity contribution in [2.45, 2.75) is 32.7 Å². The summed E-state index contributed by atoms with van der Waals surface area (Å²) in [5.41, 5.74) is 5.83. The quantitative estimate of drug-likeness (QED) is 0.825. The van der Waals surface area contributed by atoms with Gasteiger partial charge in [0.1, 0.15) is 5.82 Å². The van der Waals surface area contributed by atoms with E-state index in [-0.39, 0.29) is 17.3 Å². The summed E-state index contributed by atoms with van der Waals surface area (Å²) in [4.78, 5) is 13.1. The van der Waals surface area contributed by atoms with E-state index in [0.29, 0.717) is 11.6 Å². The Bertz CT molecular complexity index is 502. The second kappa shape index (κ2) is 5.07. The van der Waals surface area contributed by atoms with Crippen LogP contribution >= 0.6 is 0 Å². The summed E-state index contributed by atoms with van der Waals surface area (Å²) in [5.74, 6) is -1.18. The molecule has 0 spiro atoms. The molecule has 1 atom stereocenters. The normalized spacial score (nSPS) is 19.2. The van der Waals surface area contributed by atoms with E-state index in [1.165, 1.54) is 6.07 Å². The molecule has 0 amide bonds. The molecular formula is C14H19FN2O2. The zero-order valence-corrected chi connectivity index (χ0v) is 11.2. The van der Waals surface area contributed by atoms with Gasteiger partial charge in [-0.05, 0) is 30.9 Å². The number of carbonyl (C=O) groups is 1. The summed E-state index contributed by atoms with van der Waals surface area (Å²) in [6, 6.07) is 2.71. The Labute approximate surface area is 112 Å². The molecule has 1 aliphatic rings. The largest absolute Gasteiger partial charge is 0.478 e. The first-order valence-electron chi connectivity index (χ1n) is 6.50. The van der Waals surface area contributed by atoms with Crippen LogP contribution < -0.4 is 10.6 Å². The van der Waals surface area contributed by atoms with Crippen molar-refractivity contribution in [1.82, 2.24) is 0 Å². The number of aromatic carboxylic acids is 1. The van der Waals surface area contributed by atoms with Crippen LogP contribution in [0.2, 0.25) is 0 Å². The number of hydrogen-bond acceptors (Lipinski definition) is 3. The molecule has 1 unspecified atom stereocenters. The number of anilines is 2. The molecule has 1 aromatic rings. The molecule has 0 radical (unpaired) electrons. The second-order valence-electron chi connectivity index (χ2n) is 5.34. The van der Waals surface area contributed by atoms with Crippen LogP contribution in [-0.2, 0) is 0 Å². The third-order valence-electron chi connectivity index (χ3n) is 3.73. The highest BCUT2D eigenvalue weighted by Crippen LogP contribution is 2.33. The topological polar surface area (TPSA) is 66.6 Å². The fraction of sp³-hybridized carbons (Fsp3) is 0.500. The lowest BCUT2D eigenvalue weighted by Gasteiger charge is -2.30. The number of nitrogens with two attached hydrogens (primary N) is 1. The minimum absolute atomic E-state index is 0.0333. The smallest absolute Gasteiger partial charge is 0.337 e. The molecule has 1 aliphatic heterocycles. The molecule has 1 aromatic carbocycles. The van der Waals surface area contributed by atoms with Crippen LogP contribution in [0.5, 0.6) is 0 Å². The average molecular weight is 266 g/mol. The number of rotatable bonds is 3. The minimum atomic E-state index is -1.13. The van der Waals surface area contributed by atoms with Crippen LogP contribution in [0.4, 0.5) is 15.8 Å². The summed E-state index contributed by atoms with van der Waals surface area (Å²) in [6.07, 6.45) is 2.00. The first-order valence-corrected chi connectivity index (χ1v) is 6.50. The molecule has 1 saturated heterocycles.